The van der Waals surface area contributed by atoms with Gasteiger partial charge in [-0.05, 0) is 25.0 Å². The van der Waals surface area contributed by atoms with E-state index in [1.54, 1.807) is 6.07 Å². The molecular formula is C12H14ClFO. The number of hydrogen-bond acceptors (Lipinski definition) is 1. The molecule has 3 heteroatoms. The van der Waals surface area contributed by atoms with Crippen LogP contribution in [0.1, 0.15) is 37.0 Å². The zero-order valence-corrected chi connectivity index (χ0v) is 9.64. The molecule has 0 saturated carbocycles. The number of Topliss-reactive ketones (excluding diaryl/α,β-unsaturated/α-hetero) is 1. The summed E-state index contributed by atoms with van der Waals surface area (Å²) in [6.07, 6.45) is 1.50. The van der Waals surface area contributed by atoms with Gasteiger partial charge in [-0.1, -0.05) is 31.5 Å². The lowest BCUT2D eigenvalue weighted by molar-refractivity contribution is 0.0913. The van der Waals surface area contributed by atoms with Gasteiger partial charge < -0.3 is 0 Å². The van der Waals surface area contributed by atoms with Crippen molar-refractivity contribution in [2.75, 3.05) is 0 Å². The van der Waals surface area contributed by atoms with E-state index in [-0.39, 0.29) is 16.7 Å². The predicted octanol–water partition coefficient (Wildman–Crippen LogP) is 4.10. The second kappa shape index (κ2) is 5.26. The van der Waals surface area contributed by atoms with Crippen LogP contribution in [0.15, 0.2) is 18.2 Å². The molecule has 0 bridgehead atoms. The molecule has 0 fully saturated rings. The lowest BCUT2D eigenvalue weighted by atomic mass is 9.93. The van der Waals surface area contributed by atoms with E-state index in [1.807, 2.05) is 13.8 Å². The number of rotatable bonds is 4. The van der Waals surface area contributed by atoms with E-state index in [2.05, 4.69) is 0 Å². The number of halogens is 2. The summed E-state index contributed by atoms with van der Waals surface area (Å²) in [7, 11) is 0. The minimum Gasteiger partial charge on any atom is -0.294 e. The molecule has 82 valence electrons. The topological polar surface area (TPSA) is 17.1 Å². The lowest BCUT2D eigenvalue weighted by Crippen LogP contribution is -2.13. The van der Waals surface area contributed by atoms with Gasteiger partial charge in [0.15, 0.2) is 5.78 Å². The van der Waals surface area contributed by atoms with Crippen molar-refractivity contribution >= 4 is 17.4 Å². The van der Waals surface area contributed by atoms with E-state index in [4.69, 9.17) is 11.6 Å². The fourth-order valence-corrected chi connectivity index (χ4v) is 1.79. The maximum absolute atomic E-state index is 13.1. The zero-order valence-electron chi connectivity index (χ0n) is 8.89. The first-order valence-corrected chi connectivity index (χ1v) is 5.47. The molecule has 0 unspecified atom stereocenters. The number of benzene rings is 1. The molecule has 0 spiro atoms. The van der Waals surface area contributed by atoms with Gasteiger partial charge in [0.05, 0.1) is 5.02 Å². The molecule has 1 aromatic rings. The van der Waals surface area contributed by atoms with E-state index in [0.29, 0.717) is 5.56 Å². The summed E-state index contributed by atoms with van der Waals surface area (Å²) in [5.74, 6) is -0.665. The molecule has 0 N–H and O–H groups in total. The highest BCUT2D eigenvalue weighted by molar-refractivity contribution is 6.34. The minimum atomic E-state index is -0.534. The predicted molar refractivity (Wildman–Crippen MR) is 59.8 cm³/mol. The van der Waals surface area contributed by atoms with Gasteiger partial charge in [-0.25, -0.2) is 4.39 Å². The summed E-state index contributed by atoms with van der Waals surface area (Å²) >= 11 is 5.75. The zero-order chi connectivity index (χ0) is 11.4. The molecule has 15 heavy (non-hydrogen) atoms. The van der Waals surface area contributed by atoms with Crippen LogP contribution < -0.4 is 0 Å². The van der Waals surface area contributed by atoms with Crippen LogP contribution >= 0.6 is 11.6 Å². The van der Waals surface area contributed by atoms with Gasteiger partial charge in [-0.15, -0.1) is 0 Å². The van der Waals surface area contributed by atoms with Gasteiger partial charge in [0.1, 0.15) is 5.82 Å². The average Bonchev–Trinajstić information content (AvgIpc) is 2.23. The third kappa shape index (κ3) is 2.57. The standard InChI is InChI=1S/C12H14ClFO/c1-3-8(4-2)12(15)9-6-5-7-10(14)11(9)13/h5-8H,3-4H2,1-2H3. The highest BCUT2D eigenvalue weighted by Crippen LogP contribution is 2.24. The van der Waals surface area contributed by atoms with Crippen LogP contribution in [0.5, 0.6) is 0 Å². The van der Waals surface area contributed by atoms with Crippen molar-refractivity contribution in [3.63, 3.8) is 0 Å². The second-order valence-corrected chi connectivity index (χ2v) is 3.86. The van der Waals surface area contributed by atoms with Crippen molar-refractivity contribution in [1.29, 1.82) is 0 Å². The molecule has 0 aliphatic carbocycles. The Balaban J connectivity index is 3.05. The van der Waals surface area contributed by atoms with Crippen LogP contribution in [0.4, 0.5) is 4.39 Å². The maximum Gasteiger partial charge on any atom is 0.167 e. The molecule has 0 radical (unpaired) electrons. The molecule has 0 aliphatic heterocycles. The van der Waals surface area contributed by atoms with Gasteiger partial charge in [0.25, 0.3) is 0 Å². The summed E-state index contributed by atoms with van der Waals surface area (Å²) < 4.78 is 13.1. The Kier molecular flexibility index (Phi) is 4.28. The van der Waals surface area contributed by atoms with E-state index in [0.717, 1.165) is 12.8 Å². The van der Waals surface area contributed by atoms with Crippen LogP contribution in [-0.4, -0.2) is 5.78 Å². The first-order chi connectivity index (χ1) is 7.11. The largest absolute Gasteiger partial charge is 0.294 e. The minimum absolute atomic E-state index is 0.0607. The fourth-order valence-electron chi connectivity index (χ4n) is 1.57. The van der Waals surface area contributed by atoms with E-state index in [9.17, 15) is 9.18 Å². The molecule has 0 heterocycles. The van der Waals surface area contributed by atoms with Crippen molar-refractivity contribution in [3.8, 4) is 0 Å². The molecule has 0 atom stereocenters. The summed E-state index contributed by atoms with van der Waals surface area (Å²) in [6.45, 7) is 3.89. The molecule has 1 nitrogen and oxygen atoms in total. The van der Waals surface area contributed by atoms with Crippen molar-refractivity contribution in [2.45, 2.75) is 26.7 Å². The smallest absolute Gasteiger partial charge is 0.167 e. The van der Waals surface area contributed by atoms with Crippen LogP contribution in [-0.2, 0) is 0 Å². The lowest BCUT2D eigenvalue weighted by Gasteiger charge is -2.12. The Hall–Kier alpha value is -0.890. The molecule has 0 saturated heterocycles. The van der Waals surface area contributed by atoms with Crippen LogP contribution in [0, 0.1) is 11.7 Å². The molecule has 1 aromatic carbocycles. The quantitative estimate of drug-likeness (QED) is 0.710. The Labute approximate surface area is 94.3 Å². The Bertz CT molecular complexity index is 359. The van der Waals surface area contributed by atoms with Gasteiger partial charge >= 0.3 is 0 Å². The number of carbonyl (C=O) groups excluding carboxylic acids is 1. The fraction of sp³-hybridized carbons (Fsp3) is 0.417. The van der Waals surface area contributed by atoms with E-state index >= 15 is 0 Å². The number of ketones is 1. The van der Waals surface area contributed by atoms with Gasteiger partial charge in [0, 0.05) is 11.5 Å². The van der Waals surface area contributed by atoms with E-state index < -0.39 is 5.82 Å². The average molecular weight is 229 g/mol. The van der Waals surface area contributed by atoms with Crippen molar-refractivity contribution in [2.24, 2.45) is 5.92 Å². The Morgan fingerprint density at radius 3 is 2.53 bits per heavy atom. The van der Waals surface area contributed by atoms with Gasteiger partial charge in [0.2, 0.25) is 0 Å². The Morgan fingerprint density at radius 1 is 1.40 bits per heavy atom. The summed E-state index contributed by atoms with van der Waals surface area (Å²) in [6, 6.07) is 4.34. The third-order valence-electron chi connectivity index (χ3n) is 2.57. The molecule has 0 aliphatic rings. The molecular weight excluding hydrogens is 215 g/mol. The van der Waals surface area contributed by atoms with Crippen molar-refractivity contribution in [3.05, 3.63) is 34.6 Å². The third-order valence-corrected chi connectivity index (χ3v) is 2.96. The van der Waals surface area contributed by atoms with E-state index in [1.165, 1.54) is 12.1 Å². The summed E-state index contributed by atoms with van der Waals surface area (Å²) in [4.78, 5) is 11.9. The van der Waals surface area contributed by atoms with Crippen LogP contribution in [0.2, 0.25) is 5.02 Å². The van der Waals surface area contributed by atoms with Gasteiger partial charge in [-0.2, -0.15) is 0 Å². The van der Waals surface area contributed by atoms with Crippen LogP contribution in [0.25, 0.3) is 0 Å². The van der Waals surface area contributed by atoms with Gasteiger partial charge in [-0.3, -0.25) is 4.79 Å². The van der Waals surface area contributed by atoms with Crippen LogP contribution in [0.3, 0.4) is 0 Å². The molecule has 1 rings (SSSR count). The molecule has 0 amide bonds. The highest BCUT2D eigenvalue weighted by atomic mass is 35.5. The first-order valence-electron chi connectivity index (χ1n) is 5.10. The summed E-state index contributed by atoms with van der Waals surface area (Å²) in [5, 5.41) is -0.0607. The normalized spacial score (nSPS) is 10.7. The SMILES string of the molecule is CCC(CC)C(=O)c1cccc(F)c1Cl. The van der Waals surface area contributed by atoms with Crippen molar-refractivity contribution < 1.29 is 9.18 Å². The Morgan fingerprint density at radius 2 is 2.00 bits per heavy atom. The number of hydrogen-bond donors (Lipinski definition) is 0. The monoisotopic (exact) mass is 228 g/mol. The number of carbonyl (C=O) groups is 1. The summed E-state index contributed by atoms with van der Waals surface area (Å²) in [5.41, 5.74) is 0.297. The molecule has 0 aromatic heterocycles. The maximum atomic E-state index is 13.1. The first kappa shape index (κ1) is 12.2. The van der Waals surface area contributed by atoms with Crippen molar-refractivity contribution in [1.82, 2.24) is 0 Å². The highest BCUT2D eigenvalue weighted by Gasteiger charge is 2.20. The second-order valence-electron chi connectivity index (χ2n) is 3.48.